The maximum absolute atomic E-state index is 3.64. The predicted molar refractivity (Wildman–Crippen MR) is 99.9 cm³/mol. The van der Waals surface area contributed by atoms with Gasteiger partial charge in [-0.15, -0.1) is 0 Å². The van der Waals surface area contributed by atoms with Crippen molar-refractivity contribution in [2.75, 3.05) is 6.54 Å². The van der Waals surface area contributed by atoms with Crippen LogP contribution in [0.4, 0.5) is 0 Å². The molecule has 1 unspecified atom stereocenters. The molecule has 1 atom stereocenters. The van der Waals surface area contributed by atoms with Crippen LogP contribution in [-0.2, 0) is 6.42 Å². The summed E-state index contributed by atoms with van der Waals surface area (Å²) in [5.74, 6) is 0. The van der Waals surface area contributed by atoms with Crippen molar-refractivity contribution in [2.45, 2.75) is 40.2 Å². The molecular weight excluding hydrogens is 369 g/mol. The van der Waals surface area contributed by atoms with Crippen LogP contribution in [-0.4, -0.2) is 6.54 Å². The van der Waals surface area contributed by atoms with Crippen molar-refractivity contribution in [3.05, 3.63) is 67.8 Å². The van der Waals surface area contributed by atoms with Gasteiger partial charge in [-0.2, -0.15) is 0 Å². The average molecular weight is 393 g/mol. The van der Waals surface area contributed by atoms with Gasteiger partial charge < -0.3 is 5.32 Å². The van der Waals surface area contributed by atoms with Crippen molar-refractivity contribution < 1.29 is 0 Å². The second kappa shape index (κ2) is 7.41. The summed E-state index contributed by atoms with van der Waals surface area (Å²) in [6.07, 6.45) is 1.05. The molecular formula is C19H24IN. The third-order valence-corrected chi connectivity index (χ3v) is 4.62. The maximum atomic E-state index is 3.64. The van der Waals surface area contributed by atoms with E-state index in [4.69, 9.17) is 0 Å². The zero-order chi connectivity index (χ0) is 15.4. The van der Waals surface area contributed by atoms with E-state index in [0.717, 1.165) is 13.0 Å². The smallest absolute Gasteiger partial charge is 0.0361 e. The minimum Gasteiger partial charge on any atom is -0.310 e. The van der Waals surface area contributed by atoms with Crippen molar-refractivity contribution >= 4 is 22.6 Å². The van der Waals surface area contributed by atoms with Gasteiger partial charge in [-0.05, 0) is 90.7 Å². The lowest BCUT2D eigenvalue weighted by Crippen LogP contribution is -2.23. The fraction of sp³-hybridized carbons (Fsp3) is 0.368. The van der Waals surface area contributed by atoms with Gasteiger partial charge in [-0.1, -0.05) is 36.8 Å². The van der Waals surface area contributed by atoms with Gasteiger partial charge in [-0.25, -0.2) is 0 Å². The van der Waals surface area contributed by atoms with Crippen LogP contribution in [0.5, 0.6) is 0 Å². The SMILES string of the molecule is CCNC(Cc1c(C)cc(C)cc1C)c1cccc(I)c1. The first kappa shape index (κ1) is 16.5. The first-order chi connectivity index (χ1) is 10.0. The van der Waals surface area contributed by atoms with Crippen molar-refractivity contribution in [3.8, 4) is 0 Å². The summed E-state index contributed by atoms with van der Waals surface area (Å²) in [7, 11) is 0. The summed E-state index contributed by atoms with van der Waals surface area (Å²) >= 11 is 2.39. The minimum atomic E-state index is 0.379. The second-order valence-corrected chi connectivity index (χ2v) is 6.99. The van der Waals surface area contributed by atoms with E-state index in [-0.39, 0.29) is 0 Å². The molecule has 0 heterocycles. The highest BCUT2D eigenvalue weighted by Crippen LogP contribution is 2.25. The monoisotopic (exact) mass is 393 g/mol. The van der Waals surface area contributed by atoms with Gasteiger partial charge in [0.1, 0.15) is 0 Å². The minimum absolute atomic E-state index is 0.379. The van der Waals surface area contributed by atoms with E-state index < -0.39 is 0 Å². The lowest BCUT2D eigenvalue weighted by molar-refractivity contribution is 0.547. The van der Waals surface area contributed by atoms with Gasteiger partial charge in [0.05, 0.1) is 0 Å². The Balaban J connectivity index is 2.33. The lowest BCUT2D eigenvalue weighted by atomic mass is 9.91. The molecule has 0 bridgehead atoms. The lowest BCUT2D eigenvalue weighted by Gasteiger charge is -2.21. The molecule has 0 aliphatic carbocycles. The van der Waals surface area contributed by atoms with Crippen LogP contribution in [0.25, 0.3) is 0 Å². The van der Waals surface area contributed by atoms with E-state index in [1.54, 1.807) is 0 Å². The fourth-order valence-corrected chi connectivity index (χ4v) is 3.58. The Labute approximate surface area is 142 Å². The molecule has 21 heavy (non-hydrogen) atoms. The topological polar surface area (TPSA) is 12.0 Å². The summed E-state index contributed by atoms with van der Waals surface area (Å²) in [5.41, 5.74) is 7.01. The molecule has 0 aliphatic heterocycles. The number of rotatable bonds is 5. The highest BCUT2D eigenvalue weighted by molar-refractivity contribution is 14.1. The van der Waals surface area contributed by atoms with Crippen LogP contribution in [0.3, 0.4) is 0 Å². The van der Waals surface area contributed by atoms with Gasteiger partial charge in [0.15, 0.2) is 0 Å². The molecule has 2 rings (SSSR count). The summed E-state index contributed by atoms with van der Waals surface area (Å²) in [5, 5.41) is 3.64. The quantitative estimate of drug-likeness (QED) is 0.697. The Morgan fingerprint density at radius 1 is 1.05 bits per heavy atom. The van der Waals surface area contributed by atoms with Crippen LogP contribution in [0.2, 0.25) is 0 Å². The van der Waals surface area contributed by atoms with Crippen molar-refractivity contribution in [1.82, 2.24) is 5.32 Å². The van der Waals surface area contributed by atoms with Crippen LogP contribution in [0, 0.1) is 24.3 Å². The van der Waals surface area contributed by atoms with Crippen molar-refractivity contribution in [1.29, 1.82) is 0 Å². The van der Waals surface area contributed by atoms with Crippen molar-refractivity contribution in [2.24, 2.45) is 0 Å². The standard InChI is InChI=1S/C19H24IN/c1-5-21-19(16-7-6-8-17(20)11-16)12-18-14(3)9-13(2)10-15(18)4/h6-11,19,21H,5,12H2,1-4H3. The fourth-order valence-electron chi connectivity index (χ4n) is 3.01. The molecule has 112 valence electrons. The molecule has 0 aliphatic rings. The van der Waals surface area contributed by atoms with Crippen molar-refractivity contribution in [3.63, 3.8) is 0 Å². The first-order valence-electron chi connectivity index (χ1n) is 7.56. The number of hydrogen-bond acceptors (Lipinski definition) is 1. The van der Waals surface area contributed by atoms with Gasteiger partial charge in [0, 0.05) is 9.61 Å². The molecule has 0 fully saturated rings. The van der Waals surface area contributed by atoms with Crippen LogP contribution in [0.1, 0.15) is 40.8 Å². The van der Waals surface area contributed by atoms with E-state index in [9.17, 15) is 0 Å². The highest BCUT2D eigenvalue weighted by atomic mass is 127. The van der Waals surface area contributed by atoms with Gasteiger partial charge in [-0.3, -0.25) is 0 Å². The Bertz CT molecular complexity index is 596. The predicted octanol–water partition coefficient (Wildman–Crippen LogP) is 5.11. The van der Waals surface area contributed by atoms with E-state index in [1.807, 2.05) is 0 Å². The van der Waals surface area contributed by atoms with E-state index in [2.05, 4.69) is 92.0 Å². The van der Waals surface area contributed by atoms with E-state index in [0.29, 0.717) is 6.04 Å². The summed E-state index contributed by atoms with van der Waals surface area (Å²) < 4.78 is 1.30. The normalized spacial score (nSPS) is 12.4. The molecule has 0 saturated carbocycles. The molecule has 1 N–H and O–H groups in total. The first-order valence-corrected chi connectivity index (χ1v) is 8.64. The molecule has 0 spiro atoms. The number of aryl methyl sites for hydroxylation is 3. The van der Waals surface area contributed by atoms with Crippen LogP contribution < -0.4 is 5.32 Å². The number of benzene rings is 2. The molecule has 0 radical (unpaired) electrons. The Hall–Kier alpha value is -0.870. The third-order valence-electron chi connectivity index (χ3n) is 3.95. The molecule has 0 amide bonds. The zero-order valence-electron chi connectivity index (χ0n) is 13.3. The van der Waals surface area contributed by atoms with Gasteiger partial charge in [0.2, 0.25) is 0 Å². The molecule has 1 nitrogen and oxygen atoms in total. The Morgan fingerprint density at radius 2 is 1.71 bits per heavy atom. The Kier molecular flexibility index (Phi) is 5.82. The number of likely N-dealkylation sites (N-methyl/N-ethyl adjacent to an activating group) is 1. The number of nitrogens with one attached hydrogen (secondary N) is 1. The van der Waals surface area contributed by atoms with Crippen LogP contribution >= 0.6 is 22.6 Å². The third kappa shape index (κ3) is 4.30. The maximum Gasteiger partial charge on any atom is 0.0361 e. The molecule has 0 saturated heterocycles. The second-order valence-electron chi connectivity index (χ2n) is 5.75. The summed E-state index contributed by atoms with van der Waals surface area (Å²) in [6, 6.07) is 13.8. The van der Waals surface area contributed by atoms with E-state index in [1.165, 1.54) is 31.4 Å². The summed E-state index contributed by atoms with van der Waals surface area (Å²) in [4.78, 5) is 0. The van der Waals surface area contributed by atoms with Gasteiger partial charge >= 0.3 is 0 Å². The van der Waals surface area contributed by atoms with Crippen LogP contribution in [0.15, 0.2) is 36.4 Å². The number of hydrogen-bond donors (Lipinski definition) is 1. The molecule has 2 aromatic rings. The van der Waals surface area contributed by atoms with E-state index >= 15 is 0 Å². The van der Waals surface area contributed by atoms with Gasteiger partial charge in [0.25, 0.3) is 0 Å². The average Bonchev–Trinajstić information content (AvgIpc) is 2.41. The summed E-state index contributed by atoms with van der Waals surface area (Å²) in [6.45, 7) is 9.79. The largest absolute Gasteiger partial charge is 0.310 e. The number of halogens is 1. The zero-order valence-corrected chi connectivity index (χ0v) is 15.5. The molecule has 2 aromatic carbocycles. The Morgan fingerprint density at radius 3 is 2.29 bits per heavy atom. The molecule has 2 heteroatoms. The highest BCUT2D eigenvalue weighted by Gasteiger charge is 2.14. The molecule has 0 aromatic heterocycles.